The van der Waals surface area contributed by atoms with Crippen molar-refractivity contribution in [3.05, 3.63) is 34.9 Å². The molecule has 0 aromatic heterocycles. The first-order chi connectivity index (χ1) is 14.9. The molecule has 0 saturated carbocycles. The highest BCUT2D eigenvalue weighted by Gasteiger charge is 2.44. The van der Waals surface area contributed by atoms with Crippen molar-refractivity contribution in [3.63, 3.8) is 0 Å². The summed E-state index contributed by atoms with van der Waals surface area (Å²) < 4.78 is 0. The molecule has 5 rings (SSSR count). The number of nitrogens with one attached hydrogen (secondary N) is 2. The number of nitrogens with zero attached hydrogens (tertiary/aromatic N) is 2. The van der Waals surface area contributed by atoms with E-state index in [-0.39, 0.29) is 18.7 Å². The Morgan fingerprint density at radius 3 is 2.42 bits per heavy atom. The third kappa shape index (κ3) is 3.78. The van der Waals surface area contributed by atoms with E-state index in [9.17, 15) is 19.2 Å². The normalized spacial score (nSPS) is 30.2. The largest absolute Gasteiger partial charge is 0.311 e. The van der Waals surface area contributed by atoms with Crippen LogP contribution in [0.2, 0.25) is 0 Å². The molecule has 0 aliphatic carbocycles. The zero-order valence-corrected chi connectivity index (χ0v) is 17.7. The van der Waals surface area contributed by atoms with Crippen LogP contribution in [0.15, 0.2) is 18.2 Å². The fourth-order valence-corrected chi connectivity index (χ4v) is 5.76. The van der Waals surface area contributed by atoms with E-state index in [4.69, 9.17) is 0 Å². The van der Waals surface area contributed by atoms with Crippen molar-refractivity contribution < 1.29 is 19.2 Å². The Morgan fingerprint density at radius 2 is 1.71 bits per heavy atom. The van der Waals surface area contributed by atoms with Gasteiger partial charge >= 0.3 is 0 Å². The molecule has 3 fully saturated rings. The molecule has 1 aromatic carbocycles. The van der Waals surface area contributed by atoms with Gasteiger partial charge in [-0.15, -0.1) is 0 Å². The van der Waals surface area contributed by atoms with Gasteiger partial charge in [-0.3, -0.25) is 29.4 Å². The van der Waals surface area contributed by atoms with E-state index in [2.05, 4.69) is 22.6 Å². The molecule has 8 heteroatoms. The molecular formula is C23H28N4O4. The van der Waals surface area contributed by atoms with Crippen LogP contribution in [0, 0.1) is 5.92 Å². The Morgan fingerprint density at radius 1 is 1.00 bits per heavy atom. The maximum atomic E-state index is 13.0. The maximum Gasteiger partial charge on any atom is 0.262 e. The third-order valence-electron chi connectivity index (χ3n) is 7.10. The molecule has 2 bridgehead atoms. The van der Waals surface area contributed by atoms with Gasteiger partial charge in [-0.05, 0) is 62.8 Å². The summed E-state index contributed by atoms with van der Waals surface area (Å²) in [6, 6.07) is 5.77. The minimum Gasteiger partial charge on any atom is -0.311 e. The Bertz CT molecular complexity index is 949. The lowest BCUT2D eigenvalue weighted by Gasteiger charge is -2.32. The molecule has 3 saturated heterocycles. The SMILES string of the molecule is CN(Cc1ccc2c(c1)C(=O)N(C1CCC(=O)NC1=O)C2=O)CC1C[C@H]2CC[C@@H](C1)N2. The molecular weight excluding hydrogens is 396 g/mol. The highest BCUT2D eigenvalue weighted by molar-refractivity contribution is 6.23. The zero-order valence-electron chi connectivity index (χ0n) is 17.7. The Balaban J connectivity index is 1.26. The van der Waals surface area contributed by atoms with Crippen molar-refractivity contribution >= 4 is 23.6 Å². The second-order valence-corrected chi connectivity index (χ2v) is 9.50. The standard InChI is InChI=1S/C23H28N4O4/c1-26(12-14-8-15-3-4-16(9-14)24-15)11-13-2-5-17-18(10-13)23(31)27(22(17)30)19-6-7-20(28)25-21(19)29/h2,5,10,14-16,19,24H,3-4,6-9,11-12H2,1H3,(H,25,28,29)/t14?,15-,16+,19?. The lowest BCUT2D eigenvalue weighted by Crippen LogP contribution is -2.54. The van der Waals surface area contributed by atoms with E-state index < -0.39 is 23.8 Å². The second kappa shape index (κ2) is 7.84. The summed E-state index contributed by atoms with van der Waals surface area (Å²) in [6.07, 6.45) is 5.31. The predicted molar refractivity (Wildman–Crippen MR) is 112 cm³/mol. The molecule has 2 unspecified atom stereocenters. The minimum absolute atomic E-state index is 0.123. The van der Waals surface area contributed by atoms with Gasteiger partial charge in [0.2, 0.25) is 11.8 Å². The van der Waals surface area contributed by atoms with E-state index in [0.717, 1.165) is 17.0 Å². The fraction of sp³-hybridized carbons (Fsp3) is 0.565. The number of carbonyl (C=O) groups is 4. The summed E-state index contributed by atoms with van der Waals surface area (Å²) in [5.74, 6) is -1.18. The van der Waals surface area contributed by atoms with Gasteiger partial charge < -0.3 is 10.2 Å². The molecule has 4 atom stereocenters. The van der Waals surface area contributed by atoms with E-state index in [1.54, 1.807) is 12.1 Å². The number of imide groups is 2. The van der Waals surface area contributed by atoms with E-state index in [1.165, 1.54) is 25.7 Å². The maximum absolute atomic E-state index is 13.0. The summed E-state index contributed by atoms with van der Waals surface area (Å²) in [5.41, 5.74) is 1.65. The summed E-state index contributed by atoms with van der Waals surface area (Å²) in [7, 11) is 2.10. The summed E-state index contributed by atoms with van der Waals surface area (Å²) in [5, 5.41) is 5.90. The molecule has 4 aliphatic rings. The smallest absolute Gasteiger partial charge is 0.262 e. The first-order valence-corrected chi connectivity index (χ1v) is 11.2. The van der Waals surface area contributed by atoms with Crippen molar-refractivity contribution in [1.82, 2.24) is 20.4 Å². The van der Waals surface area contributed by atoms with Gasteiger partial charge in [0, 0.05) is 31.6 Å². The minimum atomic E-state index is -0.925. The van der Waals surface area contributed by atoms with Gasteiger partial charge in [0.1, 0.15) is 6.04 Å². The summed E-state index contributed by atoms with van der Waals surface area (Å²) in [6.45, 7) is 1.72. The van der Waals surface area contributed by atoms with Gasteiger partial charge in [-0.2, -0.15) is 0 Å². The van der Waals surface area contributed by atoms with Gasteiger partial charge in [-0.25, -0.2) is 0 Å². The molecule has 4 amide bonds. The molecule has 164 valence electrons. The van der Waals surface area contributed by atoms with Crippen molar-refractivity contribution in [2.24, 2.45) is 5.92 Å². The topological polar surface area (TPSA) is 98.8 Å². The molecule has 1 aromatic rings. The molecule has 8 nitrogen and oxygen atoms in total. The Hall–Kier alpha value is -2.58. The van der Waals surface area contributed by atoms with Crippen LogP contribution in [0.3, 0.4) is 0 Å². The van der Waals surface area contributed by atoms with Crippen LogP contribution in [0.1, 0.15) is 64.8 Å². The van der Waals surface area contributed by atoms with E-state index >= 15 is 0 Å². The molecule has 4 heterocycles. The zero-order chi connectivity index (χ0) is 21.7. The monoisotopic (exact) mass is 424 g/mol. The van der Waals surface area contributed by atoms with E-state index in [1.807, 2.05) is 6.07 Å². The molecule has 31 heavy (non-hydrogen) atoms. The number of carbonyl (C=O) groups excluding carboxylic acids is 4. The number of benzene rings is 1. The van der Waals surface area contributed by atoms with Crippen molar-refractivity contribution in [2.75, 3.05) is 13.6 Å². The summed E-state index contributed by atoms with van der Waals surface area (Å²) in [4.78, 5) is 52.7. The van der Waals surface area contributed by atoms with Gasteiger partial charge in [0.15, 0.2) is 0 Å². The summed E-state index contributed by atoms with van der Waals surface area (Å²) >= 11 is 0. The van der Waals surface area contributed by atoms with Crippen molar-refractivity contribution in [1.29, 1.82) is 0 Å². The Labute approximate surface area is 181 Å². The van der Waals surface area contributed by atoms with Crippen molar-refractivity contribution in [3.8, 4) is 0 Å². The van der Waals surface area contributed by atoms with Crippen molar-refractivity contribution in [2.45, 2.75) is 63.2 Å². The highest BCUT2D eigenvalue weighted by Crippen LogP contribution is 2.32. The predicted octanol–water partition coefficient (Wildman–Crippen LogP) is 1.05. The van der Waals surface area contributed by atoms with Gasteiger partial charge in [0.25, 0.3) is 11.8 Å². The number of fused-ring (bicyclic) bond motifs is 3. The highest BCUT2D eigenvalue weighted by atomic mass is 16.2. The lowest BCUT2D eigenvalue weighted by molar-refractivity contribution is -0.136. The quantitative estimate of drug-likeness (QED) is 0.686. The fourth-order valence-electron chi connectivity index (χ4n) is 5.76. The number of rotatable bonds is 5. The van der Waals surface area contributed by atoms with Crippen LogP contribution in [-0.4, -0.2) is 65.1 Å². The molecule has 4 aliphatic heterocycles. The third-order valence-corrected chi connectivity index (χ3v) is 7.10. The van der Waals surface area contributed by atoms with E-state index in [0.29, 0.717) is 35.7 Å². The molecule has 0 spiro atoms. The molecule has 0 radical (unpaired) electrons. The average molecular weight is 425 g/mol. The van der Waals surface area contributed by atoms with Crippen LogP contribution in [-0.2, 0) is 16.1 Å². The first-order valence-electron chi connectivity index (χ1n) is 11.2. The first kappa shape index (κ1) is 20.3. The van der Waals surface area contributed by atoms with Gasteiger partial charge in [-0.1, -0.05) is 6.07 Å². The van der Waals surface area contributed by atoms with Gasteiger partial charge in [0.05, 0.1) is 11.1 Å². The lowest BCUT2D eigenvalue weighted by atomic mass is 9.92. The van der Waals surface area contributed by atoms with Crippen LogP contribution in [0.4, 0.5) is 0 Å². The molecule has 2 N–H and O–H groups in total. The Kier molecular flexibility index (Phi) is 5.14. The van der Waals surface area contributed by atoms with Crippen LogP contribution >= 0.6 is 0 Å². The second-order valence-electron chi connectivity index (χ2n) is 9.50. The van der Waals surface area contributed by atoms with Crippen LogP contribution in [0.25, 0.3) is 0 Å². The average Bonchev–Trinajstić information content (AvgIpc) is 3.18. The number of piperidine rings is 2. The van der Waals surface area contributed by atoms with Crippen LogP contribution < -0.4 is 10.6 Å². The number of amides is 4. The number of hydrogen-bond acceptors (Lipinski definition) is 6. The number of hydrogen-bond donors (Lipinski definition) is 2. The van der Waals surface area contributed by atoms with Crippen LogP contribution in [0.5, 0.6) is 0 Å².